The highest BCUT2D eigenvalue weighted by atomic mass is 16.5. The molecule has 2 aliphatic rings. The van der Waals surface area contributed by atoms with Crippen molar-refractivity contribution in [2.24, 2.45) is 0 Å². The van der Waals surface area contributed by atoms with Crippen LogP contribution in [0.3, 0.4) is 0 Å². The number of carbonyl (C=O) groups is 2. The summed E-state index contributed by atoms with van der Waals surface area (Å²) in [4.78, 5) is 27.1. The molecule has 0 aromatic heterocycles. The summed E-state index contributed by atoms with van der Waals surface area (Å²) in [5.74, 6) is 0.813. The van der Waals surface area contributed by atoms with E-state index in [4.69, 9.17) is 4.74 Å². The number of urea groups is 1. The molecule has 1 saturated carbocycles. The first kappa shape index (κ1) is 19.3. The Morgan fingerprint density at radius 1 is 1.17 bits per heavy atom. The zero-order valence-electron chi connectivity index (χ0n) is 17.0. The third kappa shape index (κ3) is 3.55. The van der Waals surface area contributed by atoms with Gasteiger partial charge in [-0.25, -0.2) is 4.79 Å². The van der Waals surface area contributed by atoms with E-state index in [0.29, 0.717) is 18.8 Å². The van der Waals surface area contributed by atoms with Crippen LogP contribution in [0, 0.1) is 6.92 Å². The molecule has 0 unspecified atom stereocenters. The van der Waals surface area contributed by atoms with E-state index in [9.17, 15) is 9.59 Å². The van der Waals surface area contributed by atoms with Gasteiger partial charge in [0.05, 0.1) is 12.5 Å². The number of benzene rings is 2. The Balaban J connectivity index is 1.61. The van der Waals surface area contributed by atoms with Crippen LogP contribution in [0.4, 0.5) is 16.2 Å². The second-order valence-electron chi connectivity index (χ2n) is 7.86. The largest absolute Gasteiger partial charge is 0.496 e. The van der Waals surface area contributed by atoms with Gasteiger partial charge in [-0.2, -0.15) is 0 Å². The Morgan fingerprint density at radius 3 is 2.66 bits per heavy atom. The summed E-state index contributed by atoms with van der Waals surface area (Å²) in [7, 11) is 1.66. The highest BCUT2D eigenvalue weighted by molar-refractivity contribution is 6.00. The number of amides is 3. The van der Waals surface area contributed by atoms with E-state index in [1.54, 1.807) is 12.0 Å². The fourth-order valence-electron chi connectivity index (χ4n) is 4.46. The monoisotopic (exact) mass is 393 g/mol. The van der Waals surface area contributed by atoms with E-state index in [-0.39, 0.29) is 11.9 Å². The van der Waals surface area contributed by atoms with Crippen molar-refractivity contribution < 1.29 is 14.3 Å². The molecule has 0 bridgehead atoms. The van der Waals surface area contributed by atoms with Crippen molar-refractivity contribution in [1.29, 1.82) is 0 Å². The number of hydrogen-bond acceptors (Lipinski definition) is 3. The number of hydrogen-bond donors (Lipinski definition) is 2. The Hall–Kier alpha value is -3.02. The predicted molar refractivity (Wildman–Crippen MR) is 114 cm³/mol. The summed E-state index contributed by atoms with van der Waals surface area (Å²) in [5, 5.41) is 5.92. The first-order valence-electron chi connectivity index (χ1n) is 10.2. The minimum absolute atomic E-state index is 0.00364. The number of ether oxygens (including phenoxy) is 1. The lowest BCUT2D eigenvalue weighted by Crippen LogP contribution is -2.38. The summed E-state index contributed by atoms with van der Waals surface area (Å²) >= 11 is 0. The molecule has 6 nitrogen and oxygen atoms in total. The molecule has 2 fully saturated rings. The molecule has 2 aromatic rings. The maximum absolute atomic E-state index is 13.5. The van der Waals surface area contributed by atoms with Gasteiger partial charge in [0.25, 0.3) is 0 Å². The quantitative estimate of drug-likeness (QED) is 0.807. The fourth-order valence-corrected chi connectivity index (χ4v) is 4.46. The van der Waals surface area contributed by atoms with Crippen molar-refractivity contribution in [2.75, 3.05) is 30.4 Å². The molecule has 2 N–H and O–H groups in total. The van der Waals surface area contributed by atoms with Gasteiger partial charge < -0.3 is 15.4 Å². The molecule has 1 heterocycles. The average Bonchev–Trinajstić information content (AvgIpc) is 3.38. The molecule has 1 saturated heterocycles. The second kappa shape index (κ2) is 7.78. The lowest BCUT2D eigenvalue weighted by molar-refractivity contribution is -0.121. The molecule has 3 amide bonds. The number of rotatable bonds is 5. The Labute approximate surface area is 171 Å². The summed E-state index contributed by atoms with van der Waals surface area (Å²) in [6.45, 7) is 3.27. The van der Waals surface area contributed by atoms with Gasteiger partial charge in [-0.05, 0) is 55.2 Å². The second-order valence-corrected chi connectivity index (χ2v) is 7.86. The number of anilines is 2. The molecule has 152 valence electrons. The van der Waals surface area contributed by atoms with Crippen molar-refractivity contribution in [3.8, 4) is 5.75 Å². The van der Waals surface area contributed by atoms with Crippen molar-refractivity contribution in [3.05, 3.63) is 53.6 Å². The van der Waals surface area contributed by atoms with Crippen LogP contribution in [0.1, 0.15) is 36.8 Å². The van der Waals surface area contributed by atoms with Gasteiger partial charge in [-0.3, -0.25) is 9.69 Å². The Kier molecular flexibility index (Phi) is 5.18. The predicted octanol–water partition coefficient (Wildman–Crippen LogP) is 3.98. The van der Waals surface area contributed by atoms with E-state index in [0.717, 1.165) is 48.2 Å². The topological polar surface area (TPSA) is 70.7 Å². The molecule has 6 heteroatoms. The molecule has 1 aliphatic carbocycles. The average molecular weight is 393 g/mol. The molecular formula is C23H27N3O3. The maximum Gasteiger partial charge on any atom is 0.321 e. The standard InChI is InChI=1S/C23H27N3O3/c1-16-8-9-17(14-20(16)29-2)23(10-3-4-11-23)21(27)25-18-6-5-7-19(15-18)26-13-12-24-22(26)28/h5-9,14-15H,3-4,10-13H2,1-2H3,(H,24,28)(H,25,27). The zero-order chi connectivity index (χ0) is 20.4. The molecule has 29 heavy (non-hydrogen) atoms. The van der Waals surface area contributed by atoms with Crippen molar-refractivity contribution in [2.45, 2.75) is 38.0 Å². The molecule has 0 radical (unpaired) electrons. The zero-order valence-corrected chi connectivity index (χ0v) is 17.0. The van der Waals surface area contributed by atoms with Crippen LogP contribution in [0.25, 0.3) is 0 Å². The minimum atomic E-state index is -0.554. The fraction of sp³-hybridized carbons (Fsp3) is 0.391. The third-order valence-electron chi connectivity index (χ3n) is 6.12. The first-order valence-corrected chi connectivity index (χ1v) is 10.2. The lowest BCUT2D eigenvalue weighted by atomic mass is 9.77. The van der Waals surface area contributed by atoms with Crippen LogP contribution >= 0.6 is 0 Å². The highest BCUT2D eigenvalue weighted by Crippen LogP contribution is 2.43. The molecule has 1 aliphatic heterocycles. The SMILES string of the molecule is COc1cc(C2(C(=O)Nc3cccc(N4CCNC4=O)c3)CCCC2)ccc1C. The molecular weight excluding hydrogens is 366 g/mol. The summed E-state index contributed by atoms with van der Waals surface area (Å²) in [6.07, 6.45) is 3.69. The van der Waals surface area contributed by atoms with Gasteiger partial charge in [0.2, 0.25) is 5.91 Å². The molecule has 0 atom stereocenters. The van der Waals surface area contributed by atoms with Crippen molar-refractivity contribution in [3.63, 3.8) is 0 Å². The summed E-state index contributed by atoms with van der Waals surface area (Å²) in [5.41, 5.74) is 3.00. The third-order valence-corrected chi connectivity index (χ3v) is 6.12. The highest BCUT2D eigenvalue weighted by Gasteiger charge is 2.43. The van der Waals surface area contributed by atoms with Crippen LogP contribution in [0.2, 0.25) is 0 Å². The van der Waals surface area contributed by atoms with Crippen LogP contribution in [-0.4, -0.2) is 32.1 Å². The van der Waals surface area contributed by atoms with E-state index >= 15 is 0 Å². The minimum Gasteiger partial charge on any atom is -0.496 e. The Morgan fingerprint density at radius 2 is 1.97 bits per heavy atom. The summed E-state index contributed by atoms with van der Waals surface area (Å²) < 4.78 is 5.50. The van der Waals surface area contributed by atoms with Crippen molar-refractivity contribution >= 4 is 23.3 Å². The Bertz CT molecular complexity index is 935. The van der Waals surface area contributed by atoms with Gasteiger partial charge in [0.1, 0.15) is 5.75 Å². The first-order chi connectivity index (χ1) is 14.0. The van der Waals surface area contributed by atoms with Crippen LogP contribution in [-0.2, 0) is 10.2 Å². The molecule has 0 spiro atoms. The number of nitrogens with one attached hydrogen (secondary N) is 2. The van der Waals surface area contributed by atoms with E-state index in [2.05, 4.69) is 10.6 Å². The van der Waals surface area contributed by atoms with E-state index < -0.39 is 5.41 Å². The number of nitrogens with zero attached hydrogens (tertiary/aromatic N) is 1. The summed E-state index contributed by atoms with van der Waals surface area (Å²) in [6, 6.07) is 13.5. The number of carbonyl (C=O) groups excluding carboxylic acids is 2. The van der Waals surface area contributed by atoms with Gasteiger partial charge in [0, 0.05) is 24.5 Å². The van der Waals surface area contributed by atoms with Crippen LogP contribution in [0.5, 0.6) is 5.75 Å². The number of methoxy groups -OCH3 is 1. The van der Waals surface area contributed by atoms with E-state index in [1.165, 1.54) is 0 Å². The van der Waals surface area contributed by atoms with Crippen LogP contribution < -0.4 is 20.3 Å². The lowest BCUT2D eigenvalue weighted by Gasteiger charge is -2.29. The van der Waals surface area contributed by atoms with E-state index in [1.807, 2.05) is 49.4 Å². The smallest absolute Gasteiger partial charge is 0.321 e. The van der Waals surface area contributed by atoms with Crippen molar-refractivity contribution in [1.82, 2.24) is 5.32 Å². The normalized spacial score (nSPS) is 17.9. The molecule has 4 rings (SSSR count). The number of aryl methyl sites for hydroxylation is 1. The van der Waals surface area contributed by atoms with Gasteiger partial charge in [-0.1, -0.05) is 31.0 Å². The maximum atomic E-state index is 13.5. The van der Waals surface area contributed by atoms with Gasteiger partial charge >= 0.3 is 6.03 Å². The van der Waals surface area contributed by atoms with Crippen LogP contribution in [0.15, 0.2) is 42.5 Å². The van der Waals surface area contributed by atoms with Gasteiger partial charge in [0.15, 0.2) is 0 Å². The molecule has 2 aromatic carbocycles. The van der Waals surface area contributed by atoms with Gasteiger partial charge in [-0.15, -0.1) is 0 Å².